The summed E-state index contributed by atoms with van der Waals surface area (Å²) in [4.78, 5) is 21.2. The van der Waals surface area contributed by atoms with Gasteiger partial charge in [0.05, 0.1) is 28.6 Å². The van der Waals surface area contributed by atoms with Crippen LogP contribution in [0.5, 0.6) is 0 Å². The summed E-state index contributed by atoms with van der Waals surface area (Å²) < 4.78 is 40.1. The number of aromatic nitrogens is 4. The first kappa shape index (κ1) is 21.4. The first-order chi connectivity index (χ1) is 13.9. The van der Waals surface area contributed by atoms with Crippen molar-refractivity contribution in [2.24, 2.45) is 7.05 Å². The predicted octanol–water partition coefficient (Wildman–Crippen LogP) is 3.06. The van der Waals surface area contributed by atoms with Gasteiger partial charge >= 0.3 is 6.18 Å². The van der Waals surface area contributed by atoms with Gasteiger partial charge in [0.2, 0.25) is 0 Å². The van der Waals surface area contributed by atoms with Crippen LogP contribution in [0.2, 0.25) is 0 Å². The van der Waals surface area contributed by atoms with E-state index in [1.54, 1.807) is 27.1 Å². The molecule has 0 saturated heterocycles. The van der Waals surface area contributed by atoms with E-state index >= 15 is 0 Å². The second-order valence-corrected chi connectivity index (χ2v) is 7.43. The van der Waals surface area contributed by atoms with Crippen LogP contribution < -0.4 is 5.32 Å². The van der Waals surface area contributed by atoms with Crippen LogP contribution in [0.4, 0.5) is 13.2 Å². The lowest BCUT2D eigenvalue weighted by Crippen LogP contribution is -2.38. The number of rotatable bonds is 5. The zero-order valence-corrected chi connectivity index (χ0v) is 16.5. The Balaban J connectivity index is 2.02. The minimum Gasteiger partial charge on any atom is -0.389 e. The molecule has 0 bridgehead atoms. The lowest BCUT2D eigenvalue weighted by Gasteiger charge is -2.17. The molecule has 2 N–H and O–H groups in total. The van der Waals surface area contributed by atoms with Gasteiger partial charge in [-0.05, 0) is 32.0 Å². The number of carbonyl (C=O) groups is 1. The number of benzene rings is 1. The number of halogens is 3. The highest BCUT2D eigenvalue weighted by Gasteiger charge is 2.30. The zero-order valence-electron chi connectivity index (χ0n) is 16.5. The van der Waals surface area contributed by atoms with Crippen LogP contribution >= 0.6 is 0 Å². The molecule has 7 nitrogen and oxygen atoms in total. The van der Waals surface area contributed by atoms with Crippen molar-refractivity contribution in [3.05, 3.63) is 54.0 Å². The SMILES string of the molecule is Cn1cc(-c2nc(C(=O)NCC(C)(C)O)cc(-c3ccc(C(F)(F)F)cc3)n2)cn1. The third-order valence-corrected chi connectivity index (χ3v) is 4.11. The Morgan fingerprint density at radius 1 is 1.13 bits per heavy atom. The van der Waals surface area contributed by atoms with Gasteiger partial charge in [0, 0.05) is 25.4 Å². The quantitative estimate of drug-likeness (QED) is 0.663. The molecule has 1 aromatic carbocycles. The molecule has 2 heterocycles. The fourth-order valence-electron chi connectivity index (χ4n) is 2.59. The number of aryl methyl sites for hydroxylation is 1. The molecule has 0 fully saturated rings. The van der Waals surface area contributed by atoms with E-state index in [0.29, 0.717) is 11.1 Å². The molecule has 2 aromatic heterocycles. The fraction of sp³-hybridized carbons (Fsp3) is 0.300. The van der Waals surface area contributed by atoms with E-state index in [1.165, 1.54) is 29.1 Å². The van der Waals surface area contributed by atoms with E-state index < -0.39 is 23.2 Å². The Kier molecular flexibility index (Phi) is 5.62. The Bertz CT molecular complexity index is 1050. The van der Waals surface area contributed by atoms with Crippen LogP contribution in [0.1, 0.15) is 29.9 Å². The van der Waals surface area contributed by atoms with Crippen molar-refractivity contribution in [3.63, 3.8) is 0 Å². The lowest BCUT2D eigenvalue weighted by molar-refractivity contribution is -0.137. The number of alkyl halides is 3. The average molecular weight is 419 g/mol. The van der Waals surface area contributed by atoms with Crippen molar-refractivity contribution in [2.75, 3.05) is 6.54 Å². The number of hydrogen-bond donors (Lipinski definition) is 2. The molecule has 1 amide bonds. The number of hydrogen-bond acceptors (Lipinski definition) is 5. The Hall–Kier alpha value is -3.27. The molecule has 0 aliphatic heterocycles. The predicted molar refractivity (Wildman–Crippen MR) is 103 cm³/mol. The molecule has 10 heteroatoms. The fourth-order valence-corrected chi connectivity index (χ4v) is 2.59. The smallest absolute Gasteiger partial charge is 0.389 e. The number of nitrogens with zero attached hydrogens (tertiary/aromatic N) is 4. The van der Waals surface area contributed by atoms with Crippen molar-refractivity contribution in [3.8, 4) is 22.6 Å². The summed E-state index contributed by atoms with van der Waals surface area (Å²) in [6.45, 7) is 3.08. The minimum atomic E-state index is -4.45. The second kappa shape index (κ2) is 7.86. The van der Waals surface area contributed by atoms with Gasteiger partial charge in [0.15, 0.2) is 5.82 Å². The Labute approximate surface area is 170 Å². The van der Waals surface area contributed by atoms with Crippen LogP contribution in [0, 0.1) is 0 Å². The van der Waals surface area contributed by atoms with Gasteiger partial charge in [-0.25, -0.2) is 9.97 Å². The van der Waals surface area contributed by atoms with Gasteiger partial charge < -0.3 is 10.4 Å². The molecule has 0 spiro atoms. The van der Waals surface area contributed by atoms with Crippen molar-refractivity contribution in [2.45, 2.75) is 25.6 Å². The summed E-state index contributed by atoms with van der Waals surface area (Å²) in [5.41, 5.74) is -0.662. The van der Waals surface area contributed by atoms with Crippen molar-refractivity contribution in [1.29, 1.82) is 0 Å². The molecule has 3 rings (SSSR count). The van der Waals surface area contributed by atoms with Crippen LogP contribution in [0.15, 0.2) is 42.7 Å². The van der Waals surface area contributed by atoms with Crippen molar-refractivity contribution >= 4 is 5.91 Å². The molecule has 0 radical (unpaired) electrons. The molecule has 0 saturated carbocycles. The maximum Gasteiger partial charge on any atom is 0.416 e. The van der Waals surface area contributed by atoms with Crippen molar-refractivity contribution in [1.82, 2.24) is 25.1 Å². The highest BCUT2D eigenvalue weighted by molar-refractivity contribution is 5.93. The molecule has 0 aliphatic rings. The van der Waals surface area contributed by atoms with Gasteiger partial charge in [-0.3, -0.25) is 9.48 Å². The maximum atomic E-state index is 12.9. The molecule has 0 unspecified atom stereocenters. The number of aliphatic hydroxyl groups is 1. The topological polar surface area (TPSA) is 92.9 Å². The third kappa shape index (κ3) is 5.20. The van der Waals surface area contributed by atoms with Gasteiger partial charge in [-0.15, -0.1) is 0 Å². The Morgan fingerprint density at radius 2 is 1.80 bits per heavy atom. The van der Waals surface area contributed by atoms with Gasteiger partial charge in [-0.2, -0.15) is 18.3 Å². The van der Waals surface area contributed by atoms with Crippen LogP contribution in [0.3, 0.4) is 0 Å². The van der Waals surface area contributed by atoms with E-state index in [9.17, 15) is 23.1 Å². The summed E-state index contributed by atoms with van der Waals surface area (Å²) in [5, 5.41) is 16.5. The average Bonchev–Trinajstić information content (AvgIpc) is 3.11. The third-order valence-electron chi connectivity index (χ3n) is 4.11. The molecular formula is C20H20F3N5O2. The van der Waals surface area contributed by atoms with Gasteiger partial charge in [0.1, 0.15) is 5.69 Å². The molecule has 3 aromatic rings. The maximum absolute atomic E-state index is 12.9. The zero-order chi connectivity index (χ0) is 22.1. The summed E-state index contributed by atoms with van der Waals surface area (Å²) in [7, 11) is 1.71. The first-order valence-corrected chi connectivity index (χ1v) is 8.99. The van der Waals surface area contributed by atoms with E-state index in [2.05, 4.69) is 20.4 Å². The molecule has 0 atom stereocenters. The van der Waals surface area contributed by atoms with E-state index in [0.717, 1.165) is 12.1 Å². The number of carbonyl (C=O) groups excluding carboxylic acids is 1. The molecular weight excluding hydrogens is 399 g/mol. The largest absolute Gasteiger partial charge is 0.416 e. The summed E-state index contributed by atoms with van der Waals surface area (Å²) in [5.74, 6) is -0.341. The van der Waals surface area contributed by atoms with E-state index in [-0.39, 0.29) is 23.8 Å². The normalized spacial score (nSPS) is 12.1. The summed E-state index contributed by atoms with van der Waals surface area (Å²) >= 11 is 0. The summed E-state index contributed by atoms with van der Waals surface area (Å²) in [6, 6.07) is 5.87. The monoisotopic (exact) mass is 419 g/mol. The highest BCUT2D eigenvalue weighted by atomic mass is 19.4. The van der Waals surface area contributed by atoms with Crippen LogP contribution in [-0.4, -0.2) is 42.9 Å². The minimum absolute atomic E-state index is 0.00627. The van der Waals surface area contributed by atoms with Crippen LogP contribution in [-0.2, 0) is 13.2 Å². The van der Waals surface area contributed by atoms with Crippen LogP contribution in [0.25, 0.3) is 22.6 Å². The Morgan fingerprint density at radius 3 is 2.33 bits per heavy atom. The van der Waals surface area contributed by atoms with E-state index in [1.807, 2.05) is 0 Å². The van der Waals surface area contributed by atoms with Crippen molar-refractivity contribution < 1.29 is 23.1 Å². The second-order valence-electron chi connectivity index (χ2n) is 7.43. The molecule has 0 aliphatic carbocycles. The molecule has 30 heavy (non-hydrogen) atoms. The van der Waals surface area contributed by atoms with Gasteiger partial charge in [-0.1, -0.05) is 12.1 Å². The number of amides is 1. The molecule has 158 valence electrons. The number of nitrogens with one attached hydrogen (secondary N) is 1. The highest BCUT2D eigenvalue weighted by Crippen LogP contribution is 2.31. The first-order valence-electron chi connectivity index (χ1n) is 8.99. The standard InChI is InChI=1S/C20H20F3N5O2/c1-19(2,30)11-24-18(29)16-8-15(12-4-6-14(7-5-12)20(21,22)23)26-17(27-16)13-9-25-28(3)10-13/h4-10,30H,11H2,1-3H3,(H,24,29). The lowest BCUT2D eigenvalue weighted by atomic mass is 10.1. The van der Waals surface area contributed by atoms with Gasteiger partial charge in [0.25, 0.3) is 5.91 Å². The summed E-state index contributed by atoms with van der Waals surface area (Å²) in [6.07, 6.45) is -1.28. The van der Waals surface area contributed by atoms with E-state index in [4.69, 9.17) is 0 Å².